The first-order valence-corrected chi connectivity index (χ1v) is 6.46. The van der Waals surface area contributed by atoms with Crippen LogP contribution in [0, 0.1) is 0 Å². The van der Waals surface area contributed by atoms with Crippen molar-refractivity contribution in [1.29, 1.82) is 0 Å². The Balaban J connectivity index is 2.00. The lowest BCUT2D eigenvalue weighted by molar-refractivity contribution is 0.310. The van der Waals surface area contributed by atoms with Crippen molar-refractivity contribution in [2.45, 2.75) is 13.3 Å². The van der Waals surface area contributed by atoms with Crippen molar-refractivity contribution in [2.24, 2.45) is 0 Å². The minimum absolute atomic E-state index is 0.798. The summed E-state index contributed by atoms with van der Waals surface area (Å²) in [6.07, 6.45) is 1.05. The molecule has 1 aliphatic rings. The molecule has 3 heteroatoms. The molecule has 1 aromatic carbocycles. The fourth-order valence-electron chi connectivity index (χ4n) is 2.05. The first kappa shape index (κ1) is 12.2. The van der Waals surface area contributed by atoms with Crippen molar-refractivity contribution in [1.82, 2.24) is 4.90 Å². The molecule has 94 valence electrons. The molecule has 0 aliphatic carbocycles. The highest BCUT2D eigenvalue weighted by Crippen LogP contribution is 2.22. The highest BCUT2D eigenvalue weighted by Gasteiger charge is 2.14. The van der Waals surface area contributed by atoms with Crippen LogP contribution in [0.1, 0.15) is 13.3 Å². The topological polar surface area (TPSA) is 15.7 Å². The zero-order valence-electron chi connectivity index (χ0n) is 10.9. The van der Waals surface area contributed by atoms with Crippen LogP contribution in [0.3, 0.4) is 0 Å². The zero-order valence-corrected chi connectivity index (χ0v) is 10.9. The molecule has 0 spiro atoms. The third-order valence-electron chi connectivity index (χ3n) is 3.16. The van der Waals surface area contributed by atoms with Gasteiger partial charge in [-0.3, -0.25) is 0 Å². The highest BCUT2D eigenvalue weighted by molar-refractivity contribution is 5.51. The quantitative estimate of drug-likeness (QED) is 0.794. The van der Waals surface area contributed by atoms with Crippen LogP contribution in [0.5, 0.6) is 5.75 Å². The highest BCUT2D eigenvalue weighted by atomic mass is 16.5. The van der Waals surface area contributed by atoms with Crippen molar-refractivity contribution < 1.29 is 4.74 Å². The van der Waals surface area contributed by atoms with Gasteiger partial charge in [-0.15, -0.1) is 0 Å². The third-order valence-corrected chi connectivity index (χ3v) is 3.16. The van der Waals surface area contributed by atoms with E-state index in [1.807, 2.05) is 6.07 Å². The van der Waals surface area contributed by atoms with Crippen LogP contribution < -0.4 is 9.64 Å². The molecular weight excluding hydrogens is 212 g/mol. The third kappa shape index (κ3) is 3.37. The van der Waals surface area contributed by atoms with E-state index < -0.39 is 0 Å². The zero-order chi connectivity index (χ0) is 12.1. The van der Waals surface area contributed by atoms with Crippen LogP contribution in [0.15, 0.2) is 24.3 Å². The molecule has 0 N–H and O–H groups in total. The summed E-state index contributed by atoms with van der Waals surface area (Å²) >= 11 is 0. The predicted molar refractivity (Wildman–Crippen MR) is 71.9 cm³/mol. The Kier molecular flexibility index (Phi) is 4.26. The molecule has 0 aromatic heterocycles. The molecule has 0 bridgehead atoms. The molecule has 0 saturated carbocycles. The number of likely N-dealkylation sites (N-methyl/N-ethyl adjacent to an activating group) is 1. The summed E-state index contributed by atoms with van der Waals surface area (Å²) in [5, 5.41) is 0. The largest absolute Gasteiger partial charge is 0.494 e. The summed E-state index contributed by atoms with van der Waals surface area (Å²) in [6.45, 7) is 7.41. The summed E-state index contributed by atoms with van der Waals surface area (Å²) in [4.78, 5) is 4.80. The van der Waals surface area contributed by atoms with E-state index in [0.29, 0.717) is 0 Å². The van der Waals surface area contributed by atoms with Crippen molar-refractivity contribution >= 4 is 5.69 Å². The standard InChI is InChI=1S/C14H22N2O/c1-3-11-17-14-6-4-5-13(12-14)16-9-7-15(2)8-10-16/h4-6,12H,3,7-11H2,1-2H3. The average Bonchev–Trinajstić information content (AvgIpc) is 2.37. The van der Waals surface area contributed by atoms with Gasteiger partial charge in [0.2, 0.25) is 0 Å². The summed E-state index contributed by atoms with van der Waals surface area (Å²) < 4.78 is 5.67. The smallest absolute Gasteiger partial charge is 0.121 e. The minimum atomic E-state index is 0.798. The number of ether oxygens (including phenoxy) is 1. The van der Waals surface area contributed by atoms with Crippen LogP contribution in [0.4, 0.5) is 5.69 Å². The van der Waals surface area contributed by atoms with Crippen molar-refractivity contribution in [3.63, 3.8) is 0 Å². The van der Waals surface area contributed by atoms with Crippen LogP contribution in [0.25, 0.3) is 0 Å². The molecule has 0 atom stereocenters. The monoisotopic (exact) mass is 234 g/mol. The Labute approximate surface area is 104 Å². The Morgan fingerprint density at radius 2 is 1.94 bits per heavy atom. The average molecular weight is 234 g/mol. The van der Waals surface area contributed by atoms with Gasteiger partial charge in [0.15, 0.2) is 0 Å². The molecule has 1 heterocycles. The molecule has 2 rings (SSSR count). The molecule has 0 unspecified atom stereocenters. The molecule has 1 aromatic rings. The normalized spacial score (nSPS) is 17.2. The maximum absolute atomic E-state index is 5.67. The lowest BCUT2D eigenvalue weighted by Crippen LogP contribution is -2.44. The van der Waals surface area contributed by atoms with Gasteiger partial charge in [-0.1, -0.05) is 13.0 Å². The molecule has 0 radical (unpaired) electrons. The summed E-state index contributed by atoms with van der Waals surface area (Å²) in [5.74, 6) is 0.989. The van der Waals surface area contributed by atoms with Gasteiger partial charge in [0.05, 0.1) is 6.61 Å². The van der Waals surface area contributed by atoms with E-state index in [1.54, 1.807) is 0 Å². The molecular formula is C14H22N2O. The predicted octanol–water partition coefficient (Wildman–Crippen LogP) is 2.23. The van der Waals surface area contributed by atoms with E-state index in [4.69, 9.17) is 4.74 Å². The number of hydrogen-bond donors (Lipinski definition) is 0. The molecule has 1 fully saturated rings. The molecule has 1 aliphatic heterocycles. The van der Waals surface area contributed by atoms with Crippen molar-refractivity contribution in [3.8, 4) is 5.75 Å². The van der Waals surface area contributed by atoms with Gasteiger partial charge >= 0.3 is 0 Å². The fraction of sp³-hybridized carbons (Fsp3) is 0.571. The number of anilines is 1. The SMILES string of the molecule is CCCOc1cccc(N2CCN(C)CC2)c1. The Morgan fingerprint density at radius 3 is 2.65 bits per heavy atom. The number of benzene rings is 1. The van der Waals surface area contributed by atoms with Gasteiger partial charge in [0.1, 0.15) is 5.75 Å². The van der Waals surface area contributed by atoms with Gasteiger partial charge < -0.3 is 14.5 Å². The molecule has 0 amide bonds. The maximum Gasteiger partial charge on any atom is 0.121 e. The van der Waals surface area contributed by atoms with Gasteiger partial charge in [0, 0.05) is 37.9 Å². The fourth-order valence-corrected chi connectivity index (χ4v) is 2.05. The van der Waals surface area contributed by atoms with Crippen molar-refractivity contribution in [2.75, 3.05) is 44.7 Å². The number of rotatable bonds is 4. The van der Waals surface area contributed by atoms with E-state index in [1.165, 1.54) is 5.69 Å². The summed E-state index contributed by atoms with van der Waals surface area (Å²) in [5.41, 5.74) is 1.28. The second kappa shape index (κ2) is 5.92. The first-order valence-electron chi connectivity index (χ1n) is 6.46. The maximum atomic E-state index is 5.67. The van der Waals surface area contributed by atoms with E-state index in [9.17, 15) is 0 Å². The Bertz CT molecular complexity index is 346. The van der Waals surface area contributed by atoms with E-state index in [2.05, 4.69) is 42.0 Å². The van der Waals surface area contributed by atoms with Crippen LogP contribution >= 0.6 is 0 Å². The van der Waals surface area contributed by atoms with Gasteiger partial charge in [-0.05, 0) is 25.6 Å². The van der Waals surface area contributed by atoms with Crippen LogP contribution in [0.2, 0.25) is 0 Å². The van der Waals surface area contributed by atoms with Gasteiger partial charge in [-0.2, -0.15) is 0 Å². The molecule has 3 nitrogen and oxygen atoms in total. The number of piperazine rings is 1. The Morgan fingerprint density at radius 1 is 1.18 bits per heavy atom. The second-order valence-corrected chi connectivity index (χ2v) is 4.64. The molecule has 1 saturated heterocycles. The lowest BCUT2D eigenvalue weighted by atomic mass is 10.2. The van der Waals surface area contributed by atoms with Gasteiger partial charge in [0.25, 0.3) is 0 Å². The summed E-state index contributed by atoms with van der Waals surface area (Å²) in [7, 11) is 2.18. The number of hydrogen-bond acceptors (Lipinski definition) is 3. The second-order valence-electron chi connectivity index (χ2n) is 4.64. The van der Waals surface area contributed by atoms with Crippen molar-refractivity contribution in [3.05, 3.63) is 24.3 Å². The first-order chi connectivity index (χ1) is 8.29. The Hall–Kier alpha value is -1.22. The van der Waals surface area contributed by atoms with Crippen LogP contribution in [-0.2, 0) is 0 Å². The lowest BCUT2D eigenvalue weighted by Gasteiger charge is -2.34. The summed E-state index contributed by atoms with van der Waals surface area (Å²) in [6, 6.07) is 8.44. The minimum Gasteiger partial charge on any atom is -0.494 e. The van der Waals surface area contributed by atoms with E-state index >= 15 is 0 Å². The van der Waals surface area contributed by atoms with E-state index in [-0.39, 0.29) is 0 Å². The molecule has 17 heavy (non-hydrogen) atoms. The van der Waals surface area contributed by atoms with Crippen LogP contribution in [-0.4, -0.2) is 44.7 Å². The number of nitrogens with zero attached hydrogens (tertiary/aromatic N) is 2. The van der Waals surface area contributed by atoms with E-state index in [0.717, 1.165) is 45.0 Å². The van der Waals surface area contributed by atoms with Gasteiger partial charge in [-0.25, -0.2) is 0 Å².